The predicted molar refractivity (Wildman–Crippen MR) is 101 cm³/mol. The summed E-state index contributed by atoms with van der Waals surface area (Å²) in [6, 6.07) is 18.5. The minimum atomic E-state index is -3.81. The van der Waals surface area contributed by atoms with Crippen molar-refractivity contribution in [2.24, 2.45) is 0 Å². The number of pyridine rings is 1. The van der Waals surface area contributed by atoms with Crippen LogP contribution in [-0.2, 0) is 10.0 Å². The molecule has 0 radical (unpaired) electrons. The molecule has 1 heterocycles. The number of anilines is 3. The highest BCUT2D eigenvalue weighted by atomic mass is 35.5. The number of para-hydroxylation sites is 1. The van der Waals surface area contributed by atoms with Gasteiger partial charge in [-0.05, 0) is 36.4 Å². The van der Waals surface area contributed by atoms with Crippen LogP contribution in [0.25, 0.3) is 0 Å². The summed E-state index contributed by atoms with van der Waals surface area (Å²) in [6.07, 6.45) is 1.38. The molecule has 0 aliphatic carbocycles. The Balaban J connectivity index is 1.78. The van der Waals surface area contributed by atoms with Crippen LogP contribution in [0, 0.1) is 11.3 Å². The fourth-order valence-electron chi connectivity index (χ4n) is 2.23. The van der Waals surface area contributed by atoms with Gasteiger partial charge in [0, 0.05) is 0 Å². The van der Waals surface area contributed by atoms with E-state index in [-0.39, 0.29) is 9.92 Å². The van der Waals surface area contributed by atoms with E-state index in [1.165, 1.54) is 18.3 Å². The molecule has 3 rings (SSSR count). The minimum Gasteiger partial charge on any atom is -0.339 e. The van der Waals surface area contributed by atoms with E-state index in [1.807, 2.05) is 0 Å². The Morgan fingerprint density at radius 3 is 2.42 bits per heavy atom. The second-order valence-corrected chi connectivity index (χ2v) is 7.31. The molecule has 1 aromatic heterocycles. The molecule has 0 unspecified atom stereocenters. The third-order valence-corrected chi connectivity index (χ3v) is 5.33. The lowest BCUT2D eigenvalue weighted by Gasteiger charge is -2.10. The zero-order chi connectivity index (χ0) is 18.6. The quantitative estimate of drug-likeness (QED) is 0.689. The van der Waals surface area contributed by atoms with E-state index in [0.717, 1.165) is 0 Å². The second-order valence-electron chi connectivity index (χ2n) is 5.25. The summed E-state index contributed by atoms with van der Waals surface area (Å²) in [5.74, 6) is 0.480. The first-order valence-electron chi connectivity index (χ1n) is 7.49. The third kappa shape index (κ3) is 3.94. The van der Waals surface area contributed by atoms with Gasteiger partial charge in [0.2, 0.25) is 0 Å². The van der Waals surface area contributed by atoms with Gasteiger partial charge in [0.25, 0.3) is 10.0 Å². The predicted octanol–water partition coefficient (Wildman–Crippen LogP) is 4.15. The first kappa shape index (κ1) is 17.7. The number of halogens is 1. The third-order valence-electron chi connectivity index (χ3n) is 3.45. The number of hydrogen-bond acceptors (Lipinski definition) is 5. The molecule has 0 aliphatic heterocycles. The Bertz CT molecular complexity index is 1080. The lowest BCUT2D eigenvalue weighted by molar-refractivity contribution is 0.601. The monoisotopic (exact) mass is 384 g/mol. The number of hydrogen-bond donors (Lipinski definition) is 2. The molecule has 2 aromatic carbocycles. The summed E-state index contributed by atoms with van der Waals surface area (Å²) in [7, 11) is -3.81. The molecule has 26 heavy (non-hydrogen) atoms. The zero-order valence-electron chi connectivity index (χ0n) is 13.3. The Kier molecular flexibility index (Phi) is 5.07. The first-order chi connectivity index (χ1) is 12.5. The van der Waals surface area contributed by atoms with Crippen LogP contribution in [0.5, 0.6) is 0 Å². The molecule has 3 aromatic rings. The largest absolute Gasteiger partial charge is 0.339 e. The number of rotatable bonds is 5. The van der Waals surface area contributed by atoms with Gasteiger partial charge in [0.1, 0.15) is 16.8 Å². The van der Waals surface area contributed by atoms with Gasteiger partial charge in [-0.2, -0.15) is 5.26 Å². The molecule has 0 bridgehead atoms. The van der Waals surface area contributed by atoms with Gasteiger partial charge in [-0.1, -0.05) is 35.9 Å². The summed E-state index contributed by atoms with van der Waals surface area (Å²) in [6.45, 7) is 0. The molecule has 8 heteroatoms. The van der Waals surface area contributed by atoms with Crippen molar-refractivity contribution in [3.63, 3.8) is 0 Å². The molecule has 0 aliphatic rings. The molecule has 0 saturated heterocycles. The average molecular weight is 385 g/mol. The van der Waals surface area contributed by atoms with Gasteiger partial charge in [-0.25, -0.2) is 13.4 Å². The summed E-state index contributed by atoms with van der Waals surface area (Å²) < 4.78 is 27.2. The van der Waals surface area contributed by atoms with E-state index < -0.39 is 10.0 Å². The van der Waals surface area contributed by atoms with E-state index in [0.29, 0.717) is 22.8 Å². The molecular weight excluding hydrogens is 372 g/mol. The Morgan fingerprint density at radius 2 is 1.73 bits per heavy atom. The van der Waals surface area contributed by atoms with Gasteiger partial charge in [0.05, 0.1) is 28.2 Å². The Morgan fingerprint density at radius 1 is 1.00 bits per heavy atom. The van der Waals surface area contributed by atoms with Crippen LogP contribution < -0.4 is 10.0 Å². The first-order valence-corrected chi connectivity index (χ1v) is 9.35. The van der Waals surface area contributed by atoms with Crippen molar-refractivity contribution in [3.05, 3.63) is 77.4 Å². The second kappa shape index (κ2) is 7.44. The van der Waals surface area contributed by atoms with Crippen LogP contribution in [-0.4, -0.2) is 13.4 Å². The maximum atomic E-state index is 12.4. The van der Waals surface area contributed by atoms with E-state index in [4.69, 9.17) is 16.9 Å². The number of aromatic nitrogens is 1. The van der Waals surface area contributed by atoms with Crippen molar-refractivity contribution in [2.45, 2.75) is 4.90 Å². The SMILES string of the molecule is N#Cc1ccccc1Nc1ccc(NS(=O)(=O)c2ccccc2Cl)cn1. The maximum absolute atomic E-state index is 12.4. The molecule has 0 atom stereocenters. The van der Waals surface area contributed by atoms with Crippen molar-refractivity contribution in [1.82, 2.24) is 4.98 Å². The summed E-state index contributed by atoms with van der Waals surface area (Å²) in [4.78, 5) is 4.16. The lowest BCUT2D eigenvalue weighted by atomic mass is 10.2. The van der Waals surface area contributed by atoms with Crippen LogP contribution in [0.1, 0.15) is 5.56 Å². The summed E-state index contributed by atoms with van der Waals surface area (Å²) in [5, 5.41) is 12.3. The molecule has 2 N–H and O–H groups in total. The number of benzene rings is 2. The summed E-state index contributed by atoms with van der Waals surface area (Å²) in [5.41, 5.74) is 1.40. The van der Waals surface area contributed by atoms with Crippen LogP contribution in [0.4, 0.5) is 17.2 Å². The smallest absolute Gasteiger partial charge is 0.263 e. The van der Waals surface area contributed by atoms with E-state index in [1.54, 1.807) is 48.5 Å². The van der Waals surface area contributed by atoms with Crippen molar-refractivity contribution in [3.8, 4) is 6.07 Å². The highest BCUT2D eigenvalue weighted by Crippen LogP contribution is 2.24. The van der Waals surface area contributed by atoms with Gasteiger partial charge in [-0.3, -0.25) is 4.72 Å². The normalized spacial score (nSPS) is 10.8. The van der Waals surface area contributed by atoms with Gasteiger partial charge in [0.15, 0.2) is 0 Å². The Labute approximate surface area is 156 Å². The summed E-state index contributed by atoms with van der Waals surface area (Å²) >= 11 is 5.95. The molecule has 6 nitrogen and oxygen atoms in total. The minimum absolute atomic E-state index is 0.00758. The fourth-order valence-corrected chi connectivity index (χ4v) is 3.79. The van der Waals surface area contributed by atoms with Gasteiger partial charge < -0.3 is 5.32 Å². The van der Waals surface area contributed by atoms with Crippen molar-refractivity contribution in [2.75, 3.05) is 10.0 Å². The molecule has 0 amide bonds. The molecule has 0 fully saturated rings. The van der Waals surface area contributed by atoms with Crippen molar-refractivity contribution >= 4 is 38.8 Å². The number of nitrogens with zero attached hydrogens (tertiary/aromatic N) is 2. The number of sulfonamides is 1. The van der Waals surface area contributed by atoms with Crippen LogP contribution in [0.3, 0.4) is 0 Å². The average Bonchev–Trinajstić information content (AvgIpc) is 2.64. The zero-order valence-corrected chi connectivity index (χ0v) is 14.9. The van der Waals surface area contributed by atoms with E-state index in [9.17, 15) is 8.42 Å². The van der Waals surface area contributed by atoms with Crippen LogP contribution in [0.15, 0.2) is 71.8 Å². The fraction of sp³-hybridized carbons (Fsp3) is 0. The highest BCUT2D eigenvalue weighted by molar-refractivity contribution is 7.92. The number of nitrogens with one attached hydrogen (secondary N) is 2. The topological polar surface area (TPSA) is 94.9 Å². The van der Waals surface area contributed by atoms with Crippen molar-refractivity contribution in [1.29, 1.82) is 5.26 Å². The van der Waals surface area contributed by atoms with Gasteiger partial charge >= 0.3 is 0 Å². The van der Waals surface area contributed by atoms with E-state index >= 15 is 0 Å². The van der Waals surface area contributed by atoms with Gasteiger partial charge in [-0.15, -0.1) is 0 Å². The molecule has 130 valence electrons. The lowest BCUT2D eigenvalue weighted by Crippen LogP contribution is -2.13. The van der Waals surface area contributed by atoms with Crippen molar-refractivity contribution < 1.29 is 8.42 Å². The van der Waals surface area contributed by atoms with Crippen LogP contribution >= 0.6 is 11.6 Å². The standard InChI is InChI=1S/C18H13ClN4O2S/c19-15-6-2-4-8-17(15)26(24,25)23-14-9-10-18(21-12-14)22-16-7-3-1-5-13(16)11-20/h1-10,12,23H,(H,21,22). The number of nitriles is 1. The molecule has 0 saturated carbocycles. The maximum Gasteiger partial charge on any atom is 0.263 e. The highest BCUT2D eigenvalue weighted by Gasteiger charge is 2.17. The van der Waals surface area contributed by atoms with Crippen LogP contribution in [0.2, 0.25) is 5.02 Å². The molecular formula is C18H13ClN4O2S. The Hall–Kier alpha value is -3.08. The molecule has 0 spiro atoms. The van der Waals surface area contributed by atoms with E-state index in [2.05, 4.69) is 21.1 Å².